The lowest BCUT2D eigenvalue weighted by molar-refractivity contribution is -0.167. The molecule has 0 aliphatic rings. The zero-order valence-electron chi connectivity index (χ0n) is 50.0. The van der Waals surface area contributed by atoms with Crippen molar-refractivity contribution in [1.82, 2.24) is 0 Å². The molecule has 6 nitrogen and oxygen atoms in total. The maximum absolute atomic E-state index is 12.9. The molecule has 0 spiro atoms. The Bertz CT molecular complexity index is 1490. The van der Waals surface area contributed by atoms with E-state index in [1.807, 2.05) is 0 Å². The molecular formula is C70H120O6. The highest BCUT2D eigenvalue weighted by Gasteiger charge is 2.19. The Kier molecular flexibility index (Phi) is 60.8. The molecule has 0 rings (SSSR count). The molecule has 0 aromatic carbocycles. The van der Waals surface area contributed by atoms with E-state index in [1.165, 1.54) is 148 Å². The first-order valence-electron chi connectivity index (χ1n) is 32.2. The van der Waals surface area contributed by atoms with Crippen molar-refractivity contribution < 1.29 is 28.6 Å². The van der Waals surface area contributed by atoms with Crippen molar-refractivity contribution in [2.45, 2.75) is 316 Å². The second-order valence-corrected chi connectivity index (χ2v) is 21.3. The molecule has 1 atom stereocenters. The molecule has 0 N–H and O–H groups in total. The summed E-state index contributed by atoms with van der Waals surface area (Å²) in [5.74, 6) is -0.899. The van der Waals surface area contributed by atoms with Gasteiger partial charge in [0.05, 0.1) is 0 Å². The van der Waals surface area contributed by atoms with Gasteiger partial charge in [-0.3, -0.25) is 14.4 Å². The molecule has 0 amide bonds. The first kappa shape index (κ1) is 72.3. The molecule has 436 valence electrons. The molecule has 0 aliphatic carbocycles. The molecule has 76 heavy (non-hydrogen) atoms. The number of esters is 3. The van der Waals surface area contributed by atoms with Gasteiger partial charge in [-0.05, 0) is 116 Å². The van der Waals surface area contributed by atoms with Crippen molar-refractivity contribution in [3.05, 3.63) is 97.2 Å². The summed E-state index contributed by atoms with van der Waals surface area (Å²) in [7, 11) is 0. The Morgan fingerprint density at radius 1 is 0.276 bits per heavy atom. The molecule has 1 unspecified atom stereocenters. The van der Waals surface area contributed by atoms with E-state index in [0.717, 1.165) is 122 Å². The van der Waals surface area contributed by atoms with E-state index < -0.39 is 6.10 Å². The van der Waals surface area contributed by atoms with E-state index in [2.05, 4.69) is 118 Å². The number of rotatable bonds is 58. The van der Waals surface area contributed by atoms with Crippen LogP contribution in [0.15, 0.2) is 97.2 Å². The molecule has 0 radical (unpaired) electrons. The zero-order valence-corrected chi connectivity index (χ0v) is 50.0. The van der Waals surface area contributed by atoms with Crippen LogP contribution in [0.25, 0.3) is 0 Å². The summed E-state index contributed by atoms with van der Waals surface area (Å²) in [6, 6.07) is 0. The van der Waals surface area contributed by atoms with Gasteiger partial charge in [0.25, 0.3) is 0 Å². The van der Waals surface area contributed by atoms with Gasteiger partial charge in [0.2, 0.25) is 0 Å². The highest BCUT2D eigenvalue weighted by molar-refractivity contribution is 5.71. The number of unbranched alkanes of at least 4 members (excludes halogenated alkanes) is 31. The molecule has 6 heteroatoms. The van der Waals surface area contributed by atoms with Crippen LogP contribution in [0.1, 0.15) is 310 Å². The van der Waals surface area contributed by atoms with Gasteiger partial charge >= 0.3 is 17.9 Å². The van der Waals surface area contributed by atoms with Gasteiger partial charge in [-0.25, -0.2) is 0 Å². The lowest BCUT2D eigenvalue weighted by Crippen LogP contribution is -2.30. The minimum atomic E-state index is -0.787. The molecule has 0 aromatic heterocycles. The lowest BCUT2D eigenvalue weighted by Gasteiger charge is -2.18. The minimum absolute atomic E-state index is 0.0837. The average Bonchev–Trinajstić information content (AvgIpc) is 3.42. The second-order valence-electron chi connectivity index (χ2n) is 21.3. The van der Waals surface area contributed by atoms with Crippen LogP contribution in [0.5, 0.6) is 0 Å². The van der Waals surface area contributed by atoms with E-state index >= 15 is 0 Å². The van der Waals surface area contributed by atoms with Crippen molar-refractivity contribution in [1.29, 1.82) is 0 Å². The lowest BCUT2D eigenvalue weighted by atomic mass is 10.0. The summed E-state index contributed by atoms with van der Waals surface area (Å²) >= 11 is 0. The number of carbonyl (C=O) groups excluding carboxylic acids is 3. The molecule has 0 fully saturated rings. The fourth-order valence-corrected chi connectivity index (χ4v) is 8.97. The third-order valence-corrected chi connectivity index (χ3v) is 13.8. The van der Waals surface area contributed by atoms with Crippen molar-refractivity contribution in [2.75, 3.05) is 13.2 Å². The summed E-state index contributed by atoms with van der Waals surface area (Å²) in [5, 5.41) is 0. The van der Waals surface area contributed by atoms with E-state index in [9.17, 15) is 14.4 Å². The third-order valence-electron chi connectivity index (χ3n) is 13.8. The highest BCUT2D eigenvalue weighted by Crippen LogP contribution is 2.16. The Balaban J connectivity index is 4.20. The first-order chi connectivity index (χ1) is 37.5. The van der Waals surface area contributed by atoms with Crippen LogP contribution in [0.3, 0.4) is 0 Å². The number of ether oxygens (including phenoxy) is 3. The minimum Gasteiger partial charge on any atom is -0.462 e. The van der Waals surface area contributed by atoms with E-state index in [-0.39, 0.29) is 31.1 Å². The Labute approximate surface area is 470 Å². The molecule has 0 bridgehead atoms. The van der Waals surface area contributed by atoms with Crippen LogP contribution in [0, 0.1) is 0 Å². The van der Waals surface area contributed by atoms with Crippen molar-refractivity contribution >= 4 is 17.9 Å². The van der Waals surface area contributed by atoms with Gasteiger partial charge in [-0.15, -0.1) is 0 Å². The molecule has 0 heterocycles. The fourth-order valence-electron chi connectivity index (χ4n) is 8.97. The standard InChI is InChI=1S/C70H120O6/c1-4-7-10-13-16-19-22-24-26-28-30-31-32-33-34-35-36-37-38-39-41-42-44-46-48-51-54-57-60-63-69(72)75-66-67(65-74-68(71)62-59-56-53-50-21-18-15-12-9-6-3)76-70(73)64-61-58-55-52-49-47-45-43-40-29-27-25-23-20-17-14-11-8-5-2/h7,10,12,15-17,19-20,24-27,30-31,40,43,67H,4-6,8-9,11,13-14,18,21-23,28-29,32-39,41-42,44-66H2,1-3H3/b10-7-,15-12-,19-16-,20-17-,26-24-,27-25-,31-30-,43-40-. The zero-order chi connectivity index (χ0) is 55.0. The summed E-state index contributed by atoms with van der Waals surface area (Å²) in [6.45, 7) is 6.44. The normalized spacial score (nSPS) is 12.7. The monoisotopic (exact) mass is 1060 g/mol. The second kappa shape index (κ2) is 63.9. The summed E-state index contributed by atoms with van der Waals surface area (Å²) in [6.07, 6.45) is 85.7. The Morgan fingerprint density at radius 3 is 0.868 bits per heavy atom. The van der Waals surface area contributed by atoms with Crippen LogP contribution in [-0.2, 0) is 28.6 Å². The van der Waals surface area contributed by atoms with Gasteiger partial charge in [-0.2, -0.15) is 0 Å². The maximum atomic E-state index is 12.9. The van der Waals surface area contributed by atoms with Gasteiger partial charge in [-0.1, -0.05) is 272 Å². The molecule has 0 aromatic rings. The average molecular weight is 1060 g/mol. The van der Waals surface area contributed by atoms with Crippen LogP contribution in [0.4, 0.5) is 0 Å². The summed E-state index contributed by atoms with van der Waals surface area (Å²) in [5.41, 5.74) is 0. The van der Waals surface area contributed by atoms with Crippen molar-refractivity contribution in [2.24, 2.45) is 0 Å². The van der Waals surface area contributed by atoms with Gasteiger partial charge in [0.15, 0.2) is 6.10 Å². The van der Waals surface area contributed by atoms with Gasteiger partial charge < -0.3 is 14.2 Å². The van der Waals surface area contributed by atoms with Gasteiger partial charge in [0, 0.05) is 19.3 Å². The molecule has 0 saturated heterocycles. The predicted octanol–water partition coefficient (Wildman–Crippen LogP) is 22.0. The largest absolute Gasteiger partial charge is 0.462 e. The third kappa shape index (κ3) is 61.2. The highest BCUT2D eigenvalue weighted by atomic mass is 16.6. The van der Waals surface area contributed by atoms with Crippen LogP contribution >= 0.6 is 0 Å². The molecule has 0 aliphatic heterocycles. The molecule has 0 saturated carbocycles. The van der Waals surface area contributed by atoms with Crippen LogP contribution in [0.2, 0.25) is 0 Å². The summed E-state index contributed by atoms with van der Waals surface area (Å²) in [4.78, 5) is 38.2. The van der Waals surface area contributed by atoms with E-state index in [1.54, 1.807) is 0 Å². The van der Waals surface area contributed by atoms with E-state index in [4.69, 9.17) is 14.2 Å². The quantitative estimate of drug-likeness (QED) is 0.0261. The fraction of sp³-hybridized carbons (Fsp3) is 0.729. The SMILES string of the molecule is CC/C=C\C/C=C\C/C=C\C/C=C\CCCCCCCCCCCCCCCCCCC(=O)OCC(COC(=O)CCCCCCC/C=C\CCC)OC(=O)CCCCCCCC/C=C\C/C=C\C/C=C\CCCCC. The number of hydrogen-bond acceptors (Lipinski definition) is 6. The van der Waals surface area contributed by atoms with Crippen molar-refractivity contribution in [3.8, 4) is 0 Å². The van der Waals surface area contributed by atoms with Gasteiger partial charge in [0.1, 0.15) is 13.2 Å². The predicted molar refractivity (Wildman–Crippen MR) is 330 cm³/mol. The first-order valence-corrected chi connectivity index (χ1v) is 32.2. The van der Waals surface area contributed by atoms with E-state index in [0.29, 0.717) is 19.3 Å². The Morgan fingerprint density at radius 2 is 0.539 bits per heavy atom. The number of carbonyl (C=O) groups is 3. The van der Waals surface area contributed by atoms with Crippen LogP contribution in [-0.4, -0.2) is 37.2 Å². The van der Waals surface area contributed by atoms with Crippen LogP contribution < -0.4 is 0 Å². The number of hydrogen-bond donors (Lipinski definition) is 0. The smallest absolute Gasteiger partial charge is 0.306 e. The summed E-state index contributed by atoms with van der Waals surface area (Å²) < 4.78 is 16.9. The number of allylic oxidation sites excluding steroid dienone is 16. The molecular weight excluding hydrogens is 937 g/mol. The Hall–Kier alpha value is -3.67. The maximum Gasteiger partial charge on any atom is 0.306 e. The van der Waals surface area contributed by atoms with Crippen molar-refractivity contribution in [3.63, 3.8) is 0 Å². The topological polar surface area (TPSA) is 78.9 Å².